The van der Waals surface area contributed by atoms with Gasteiger partial charge in [-0.25, -0.2) is 0 Å². The van der Waals surface area contributed by atoms with Crippen molar-refractivity contribution in [2.45, 2.75) is 64.1 Å². The topological polar surface area (TPSA) is 58.4 Å². The van der Waals surface area contributed by atoms with E-state index in [0.717, 1.165) is 12.8 Å². The molecule has 1 amide bonds. The van der Waals surface area contributed by atoms with Crippen molar-refractivity contribution >= 4 is 5.91 Å². The molecule has 116 valence electrons. The number of rotatable bonds is 4. The van der Waals surface area contributed by atoms with Gasteiger partial charge in [-0.3, -0.25) is 9.69 Å². The van der Waals surface area contributed by atoms with E-state index in [-0.39, 0.29) is 11.9 Å². The van der Waals surface area contributed by atoms with Crippen LogP contribution in [0.1, 0.15) is 46.0 Å². The summed E-state index contributed by atoms with van der Waals surface area (Å²) in [6, 6.07) is 0.664. The summed E-state index contributed by atoms with van der Waals surface area (Å²) in [6.07, 6.45) is 5.91. The summed E-state index contributed by atoms with van der Waals surface area (Å²) in [5, 5.41) is 3.37. The van der Waals surface area contributed by atoms with E-state index in [1.54, 1.807) is 0 Å². The number of nitrogens with zero attached hydrogens (tertiary/aromatic N) is 1. The highest BCUT2D eigenvalue weighted by molar-refractivity contribution is 5.82. The number of nitrogens with two attached hydrogens (primary N) is 1. The number of carbonyl (C=O) groups excluding carboxylic acids is 1. The SMILES string of the molecule is CC(C)[C@@H](C(=O)NC1C2CCCC1CC(N)C2)N(C)C. The zero-order chi connectivity index (χ0) is 14.9. The van der Waals surface area contributed by atoms with Crippen molar-refractivity contribution in [3.63, 3.8) is 0 Å². The number of nitrogens with one attached hydrogen (secondary N) is 1. The fourth-order valence-electron chi connectivity index (χ4n) is 4.41. The molecule has 20 heavy (non-hydrogen) atoms. The maximum Gasteiger partial charge on any atom is 0.237 e. The lowest BCUT2D eigenvalue weighted by atomic mass is 9.67. The molecule has 2 bridgehead atoms. The Morgan fingerprint density at radius 2 is 1.75 bits per heavy atom. The van der Waals surface area contributed by atoms with Gasteiger partial charge in [-0.05, 0) is 57.5 Å². The van der Waals surface area contributed by atoms with Crippen LogP contribution in [0.5, 0.6) is 0 Å². The van der Waals surface area contributed by atoms with Crippen molar-refractivity contribution in [3.05, 3.63) is 0 Å². The smallest absolute Gasteiger partial charge is 0.237 e. The molecule has 4 nitrogen and oxygen atoms in total. The van der Waals surface area contributed by atoms with E-state index in [1.807, 2.05) is 19.0 Å². The zero-order valence-corrected chi connectivity index (χ0v) is 13.4. The molecule has 2 rings (SSSR count). The van der Waals surface area contributed by atoms with Gasteiger partial charge in [0.25, 0.3) is 0 Å². The summed E-state index contributed by atoms with van der Waals surface area (Å²) in [7, 11) is 3.98. The first kappa shape index (κ1) is 15.8. The Hall–Kier alpha value is -0.610. The Balaban J connectivity index is 2.03. The monoisotopic (exact) mass is 281 g/mol. The molecule has 2 fully saturated rings. The lowest BCUT2D eigenvalue weighted by molar-refractivity contribution is -0.129. The van der Waals surface area contributed by atoms with Crippen molar-refractivity contribution in [1.29, 1.82) is 0 Å². The second kappa shape index (κ2) is 6.44. The second-order valence-corrected chi connectivity index (χ2v) is 7.37. The van der Waals surface area contributed by atoms with Crippen molar-refractivity contribution in [3.8, 4) is 0 Å². The quantitative estimate of drug-likeness (QED) is 0.823. The molecule has 0 saturated heterocycles. The summed E-state index contributed by atoms with van der Waals surface area (Å²) < 4.78 is 0. The largest absolute Gasteiger partial charge is 0.351 e. The van der Waals surface area contributed by atoms with Gasteiger partial charge in [-0.2, -0.15) is 0 Å². The van der Waals surface area contributed by atoms with Gasteiger partial charge in [0.2, 0.25) is 5.91 Å². The number of hydrogen-bond acceptors (Lipinski definition) is 3. The summed E-state index contributed by atoms with van der Waals surface area (Å²) in [5.74, 6) is 1.71. The van der Waals surface area contributed by atoms with Crippen LogP contribution in [-0.4, -0.2) is 43.0 Å². The third-order valence-electron chi connectivity index (χ3n) is 5.14. The fourth-order valence-corrected chi connectivity index (χ4v) is 4.41. The minimum atomic E-state index is -0.0358. The minimum Gasteiger partial charge on any atom is -0.351 e. The molecular formula is C16H31N3O. The number of fused-ring (bicyclic) bond motifs is 2. The van der Waals surface area contributed by atoms with E-state index in [1.165, 1.54) is 19.3 Å². The van der Waals surface area contributed by atoms with Gasteiger partial charge in [0.1, 0.15) is 0 Å². The second-order valence-electron chi connectivity index (χ2n) is 7.37. The van der Waals surface area contributed by atoms with Gasteiger partial charge in [-0.1, -0.05) is 20.3 Å². The van der Waals surface area contributed by atoms with Crippen LogP contribution in [-0.2, 0) is 4.79 Å². The molecule has 0 aromatic carbocycles. The normalized spacial score (nSPS) is 35.1. The summed E-state index contributed by atoms with van der Waals surface area (Å²) in [5.41, 5.74) is 6.15. The zero-order valence-electron chi connectivity index (χ0n) is 13.4. The first-order chi connectivity index (χ1) is 9.40. The standard InChI is InChI=1S/C16H31N3O/c1-10(2)15(19(3)4)16(20)18-14-11-6-5-7-12(14)9-13(17)8-11/h10-15H,5-9,17H2,1-4H3,(H,18,20)/t11?,12?,13?,14?,15-/m0/s1. The predicted octanol–water partition coefficient (Wildman–Crippen LogP) is 1.59. The van der Waals surface area contributed by atoms with E-state index >= 15 is 0 Å². The molecule has 2 aliphatic rings. The molecule has 0 aliphatic heterocycles. The van der Waals surface area contributed by atoms with Crippen molar-refractivity contribution in [2.24, 2.45) is 23.5 Å². The fraction of sp³-hybridized carbons (Fsp3) is 0.938. The van der Waals surface area contributed by atoms with Crippen molar-refractivity contribution in [2.75, 3.05) is 14.1 Å². The first-order valence-corrected chi connectivity index (χ1v) is 8.12. The number of carbonyl (C=O) groups is 1. The first-order valence-electron chi connectivity index (χ1n) is 8.12. The number of amides is 1. The Bertz CT molecular complexity index is 321. The van der Waals surface area contributed by atoms with Gasteiger partial charge >= 0.3 is 0 Å². The van der Waals surface area contributed by atoms with E-state index < -0.39 is 0 Å². The third-order valence-corrected chi connectivity index (χ3v) is 5.14. The molecule has 4 heteroatoms. The van der Waals surface area contributed by atoms with Crippen LogP contribution >= 0.6 is 0 Å². The van der Waals surface area contributed by atoms with Gasteiger partial charge < -0.3 is 11.1 Å². The highest BCUT2D eigenvalue weighted by Crippen LogP contribution is 2.39. The Morgan fingerprint density at radius 3 is 2.20 bits per heavy atom. The van der Waals surface area contributed by atoms with Gasteiger partial charge in [-0.15, -0.1) is 0 Å². The van der Waals surface area contributed by atoms with Crippen molar-refractivity contribution in [1.82, 2.24) is 10.2 Å². The summed E-state index contributed by atoms with van der Waals surface area (Å²) in [6.45, 7) is 4.23. The molecule has 0 aromatic heterocycles. The Labute approximate surface area is 123 Å². The summed E-state index contributed by atoms with van der Waals surface area (Å²) >= 11 is 0. The lowest BCUT2D eigenvalue weighted by Crippen LogP contribution is -2.57. The molecule has 0 spiro atoms. The number of hydrogen-bond donors (Lipinski definition) is 2. The van der Waals surface area contributed by atoms with Gasteiger partial charge in [0, 0.05) is 12.1 Å². The molecule has 2 saturated carbocycles. The summed E-state index contributed by atoms with van der Waals surface area (Å²) in [4.78, 5) is 14.7. The van der Waals surface area contributed by atoms with Crippen LogP contribution in [0, 0.1) is 17.8 Å². The van der Waals surface area contributed by atoms with Crippen LogP contribution in [0.25, 0.3) is 0 Å². The maximum absolute atomic E-state index is 12.6. The highest BCUT2D eigenvalue weighted by Gasteiger charge is 2.41. The average Bonchev–Trinajstić information content (AvgIpc) is 2.29. The van der Waals surface area contributed by atoms with E-state index in [0.29, 0.717) is 29.8 Å². The van der Waals surface area contributed by atoms with Crippen LogP contribution in [0.2, 0.25) is 0 Å². The number of likely N-dealkylation sites (N-methyl/N-ethyl adjacent to an activating group) is 1. The van der Waals surface area contributed by atoms with Gasteiger partial charge in [0.15, 0.2) is 0 Å². The Morgan fingerprint density at radius 1 is 1.20 bits per heavy atom. The third kappa shape index (κ3) is 3.34. The molecule has 0 heterocycles. The molecule has 2 aliphatic carbocycles. The van der Waals surface area contributed by atoms with E-state index in [2.05, 4.69) is 19.2 Å². The molecule has 3 N–H and O–H groups in total. The van der Waals surface area contributed by atoms with Crippen LogP contribution in [0.4, 0.5) is 0 Å². The van der Waals surface area contributed by atoms with Crippen LogP contribution < -0.4 is 11.1 Å². The average molecular weight is 281 g/mol. The van der Waals surface area contributed by atoms with Crippen LogP contribution in [0.3, 0.4) is 0 Å². The lowest BCUT2D eigenvalue weighted by Gasteiger charge is -2.46. The predicted molar refractivity (Wildman–Crippen MR) is 82.3 cm³/mol. The molecule has 0 radical (unpaired) electrons. The molecule has 2 unspecified atom stereocenters. The van der Waals surface area contributed by atoms with E-state index in [4.69, 9.17) is 5.73 Å². The van der Waals surface area contributed by atoms with Gasteiger partial charge in [0.05, 0.1) is 6.04 Å². The van der Waals surface area contributed by atoms with Crippen LogP contribution in [0.15, 0.2) is 0 Å². The highest BCUT2D eigenvalue weighted by atomic mass is 16.2. The molecular weight excluding hydrogens is 250 g/mol. The Kier molecular flexibility index (Phi) is 5.08. The van der Waals surface area contributed by atoms with Crippen molar-refractivity contribution < 1.29 is 4.79 Å². The van der Waals surface area contributed by atoms with E-state index in [9.17, 15) is 4.79 Å². The maximum atomic E-state index is 12.6. The molecule has 0 aromatic rings. The minimum absolute atomic E-state index is 0.0358. The molecule has 3 atom stereocenters.